The van der Waals surface area contributed by atoms with Crippen LogP contribution in [0.15, 0.2) is 12.7 Å². The van der Waals surface area contributed by atoms with Gasteiger partial charge in [0.25, 0.3) is 0 Å². The molecule has 2 aliphatic rings. The first kappa shape index (κ1) is 12.7. The summed E-state index contributed by atoms with van der Waals surface area (Å²) in [6.07, 6.45) is 7.51. The van der Waals surface area contributed by atoms with Crippen molar-refractivity contribution < 1.29 is 9.53 Å². The predicted octanol–water partition coefficient (Wildman–Crippen LogP) is 3.57. The Labute approximate surface area is 104 Å². The number of esters is 1. The van der Waals surface area contributed by atoms with Gasteiger partial charge in [-0.2, -0.15) is 0 Å². The van der Waals surface area contributed by atoms with Crippen LogP contribution in [0.25, 0.3) is 0 Å². The molecule has 2 unspecified atom stereocenters. The number of hydrogen-bond donors (Lipinski definition) is 0. The van der Waals surface area contributed by atoms with Gasteiger partial charge in [-0.25, -0.2) is 0 Å². The molecule has 2 saturated carbocycles. The Morgan fingerprint density at radius 2 is 2.00 bits per heavy atom. The van der Waals surface area contributed by atoms with Crippen molar-refractivity contribution in [3.05, 3.63) is 12.7 Å². The van der Waals surface area contributed by atoms with Crippen LogP contribution in [-0.4, -0.2) is 12.6 Å². The van der Waals surface area contributed by atoms with E-state index in [-0.39, 0.29) is 11.4 Å². The summed E-state index contributed by atoms with van der Waals surface area (Å²) < 4.78 is 5.09. The topological polar surface area (TPSA) is 26.3 Å². The maximum atomic E-state index is 11.7. The standard InChI is InChI=1S/C15H24O2/c1-4-15(10-14(16)17-5-2)8-12-6-11(3)7-13(12)9-15/h4,11-13H,1,5-10H2,2-3H3/t11?,12-,13+,15?. The van der Waals surface area contributed by atoms with E-state index in [0.717, 1.165) is 30.6 Å². The van der Waals surface area contributed by atoms with E-state index in [1.165, 1.54) is 12.8 Å². The van der Waals surface area contributed by atoms with E-state index in [0.29, 0.717) is 13.0 Å². The second-order valence-electron chi connectivity index (χ2n) is 6.05. The first-order valence-electron chi connectivity index (χ1n) is 6.88. The molecule has 96 valence electrons. The largest absolute Gasteiger partial charge is 0.466 e. The zero-order valence-corrected chi connectivity index (χ0v) is 11.1. The molecule has 0 spiro atoms. The lowest BCUT2D eigenvalue weighted by Crippen LogP contribution is -2.21. The zero-order valence-electron chi connectivity index (χ0n) is 11.1. The number of allylic oxidation sites excluding steroid dienone is 1. The van der Waals surface area contributed by atoms with Crippen molar-refractivity contribution in [1.82, 2.24) is 0 Å². The molecule has 2 rings (SSSR count). The second kappa shape index (κ2) is 4.83. The summed E-state index contributed by atoms with van der Waals surface area (Å²) in [7, 11) is 0. The van der Waals surface area contributed by atoms with Crippen molar-refractivity contribution in [2.24, 2.45) is 23.2 Å². The monoisotopic (exact) mass is 236 g/mol. The SMILES string of the molecule is C=CC1(CC(=O)OCC)C[C@H]2CC(C)C[C@H]2C1. The van der Waals surface area contributed by atoms with E-state index in [1.54, 1.807) is 0 Å². The van der Waals surface area contributed by atoms with Crippen LogP contribution >= 0.6 is 0 Å². The number of ether oxygens (including phenoxy) is 1. The Hall–Kier alpha value is -0.790. The molecule has 0 aliphatic heterocycles. The third-order valence-electron chi connectivity index (χ3n) is 4.65. The Morgan fingerprint density at radius 3 is 2.47 bits per heavy atom. The minimum Gasteiger partial charge on any atom is -0.466 e. The third kappa shape index (κ3) is 2.56. The molecular formula is C15H24O2. The molecule has 2 nitrogen and oxygen atoms in total. The molecular weight excluding hydrogens is 212 g/mol. The van der Waals surface area contributed by atoms with Crippen molar-refractivity contribution in [1.29, 1.82) is 0 Å². The highest BCUT2D eigenvalue weighted by atomic mass is 16.5. The Balaban J connectivity index is 1.99. The molecule has 0 aromatic carbocycles. The van der Waals surface area contributed by atoms with Crippen molar-refractivity contribution in [2.75, 3.05) is 6.61 Å². The first-order valence-corrected chi connectivity index (χ1v) is 6.88. The summed E-state index contributed by atoms with van der Waals surface area (Å²) in [6, 6.07) is 0. The van der Waals surface area contributed by atoms with Crippen LogP contribution in [0.1, 0.15) is 46.0 Å². The van der Waals surface area contributed by atoms with Gasteiger partial charge in [-0.15, -0.1) is 6.58 Å². The van der Waals surface area contributed by atoms with Crippen LogP contribution in [0.2, 0.25) is 0 Å². The highest BCUT2D eigenvalue weighted by Crippen LogP contribution is 2.56. The van der Waals surface area contributed by atoms with Gasteiger partial charge in [0, 0.05) is 0 Å². The molecule has 0 N–H and O–H groups in total. The summed E-state index contributed by atoms with van der Waals surface area (Å²) in [5, 5.41) is 0. The lowest BCUT2D eigenvalue weighted by Gasteiger charge is -2.25. The van der Waals surface area contributed by atoms with Gasteiger partial charge in [-0.3, -0.25) is 4.79 Å². The molecule has 0 aromatic rings. The summed E-state index contributed by atoms with van der Waals surface area (Å²) in [4.78, 5) is 11.7. The van der Waals surface area contributed by atoms with Gasteiger partial charge in [0.1, 0.15) is 0 Å². The van der Waals surface area contributed by atoms with Crippen molar-refractivity contribution in [3.63, 3.8) is 0 Å². The fourth-order valence-electron chi connectivity index (χ4n) is 4.03. The zero-order chi connectivity index (χ0) is 12.5. The Kier molecular flexibility index (Phi) is 3.60. The maximum absolute atomic E-state index is 11.7. The van der Waals surface area contributed by atoms with E-state index in [2.05, 4.69) is 13.5 Å². The van der Waals surface area contributed by atoms with E-state index in [1.807, 2.05) is 13.0 Å². The summed E-state index contributed by atoms with van der Waals surface area (Å²) in [5.41, 5.74) is 0.0295. The molecule has 0 aromatic heterocycles. The van der Waals surface area contributed by atoms with Crippen LogP contribution in [0.4, 0.5) is 0 Å². The van der Waals surface area contributed by atoms with Gasteiger partial charge in [-0.1, -0.05) is 13.0 Å². The number of carbonyl (C=O) groups is 1. The molecule has 0 heterocycles. The summed E-state index contributed by atoms with van der Waals surface area (Å²) in [5.74, 6) is 2.45. The van der Waals surface area contributed by atoms with Crippen molar-refractivity contribution in [3.8, 4) is 0 Å². The summed E-state index contributed by atoms with van der Waals surface area (Å²) in [6.45, 7) is 8.66. The Bertz CT molecular complexity index is 294. The predicted molar refractivity (Wildman–Crippen MR) is 68.5 cm³/mol. The van der Waals surface area contributed by atoms with Gasteiger partial charge in [0.2, 0.25) is 0 Å². The normalized spacial score (nSPS) is 40.0. The fraction of sp³-hybridized carbons (Fsp3) is 0.800. The number of rotatable bonds is 4. The Morgan fingerprint density at radius 1 is 1.41 bits per heavy atom. The molecule has 0 amide bonds. The highest BCUT2D eigenvalue weighted by Gasteiger charge is 2.47. The minimum atomic E-state index is -0.0552. The fourth-order valence-corrected chi connectivity index (χ4v) is 4.03. The van der Waals surface area contributed by atoms with Gasteiger partial charge in [0.15, 0.2) is 0 Å². The van der Waals surface area contributed by atoms with Crippen LogP contribution in [0.5, 0.6) is 0 Å². The first-order chi connectivity index (χ1) is 8.08. The van der Waals surface area contributed by atoms with E-state index < -0.39 is 0 Å². The average Bonchev–Trinajstić information content (AvgIpc) is 2.72. The molecule has 2 fully saturated rings. The van der Waals surface area contributed by atoms with Crippen LogP contribution in [0.3, 0.4) is 0 Å². The van der Waals surface area contributed by atoms with Crippen molar-refractivity contribution >= 4 is 5.97 Å². The maximum Gasteiger partial charge on any atom is 0.306 e. The third-order valence-corrected chi connectivity index (χ3v) is 4.65. The molecule has 0 radical (unpaired) electrons. The van der Waals surface area contributed by atoms with Crippen molar-refractivity contribution in [2.45, 2.75) is 46.0 Å². The van der Waals surface area contributed by atoms with Gasteiger partial charge in [0.05, 0.1) is 13.0 Å². The van der Waals surface area contributed by atoms with Gasteiger partial charge >= 0.3 is 5.97 Å². The van der Waals surface area contributed by atoms with Crippen LogP contribution in [0, 0.1) is 23.2 Å². The highest BCUT2D eigenvalue weighted by molar-refractivity contribution is 5.70. The minimum absolute atomic E-state index is 0.0295. The van der Waals surface area contributed by atoms with Gasteiger partial charge < -0.3 is 4.74 Å². The lowest BCUT2D eigenvalue weighted by atomic mass is 9.80. The summed E-state index contributed by atoms with van der Waals surface area (Å²) >= 11 is 0. The number of fused-ring (bicyclic) bond motifs is 1. The van der Waals surface area contributed by atoms with Crippen LogP contribution < -0.4 is 0 Å². The molecule has 4 atom stereocenters. The number of hydrogen-bond acceptors (Lipinski definition) is 2. The van der Waals surface area contributed by atoms with E-state index >= 15 is 0 Å². The molecule has 0 bridgehead atoms. The van der Waals surface area contributed by atoms with E-state index in [4.69, 9.17) is 4.74 Å². The smallest absolute Gasteiger partial charge is 0.306 e. The second-order valence-corrected chi connectivity index (χ2v) is 6.05. The average molecular weight is 236 g/mol. The molecule has 17 heavy (non-hydrogen) atoms. The molecule has 2 heteroatoms. The van der Waals surface area contributed by atoms with E-state index in [9.17, 15) is 4.79 Å². The van der Waals surface area contributed by atoms with Crippen LogP contribution in [-0.2, 0) is 9.53 Å². The molecule has 0 saturated heterocycles. The quantitative estimate of drug-likeness (QED) is 0.551. The van der Waals surface area contributed by atoms with Gasteiger partial charge in [-0.05, 0) is 55.8 Å². The lowest BCUT2D eigenvalue weighted by molar-refractivity contribution is -0.145. The number of carbonyl (C=O) groups excluding carboxylic acids is 1. The molecule has 2 aliphatic carbocycles.